The number of anilines is 1. The van der Waals surface area contributed by atoms with E-state index in [-0.39, 0.29) is 12.3 Å². The molecule has 1 amide bonds. The highest BCUT2D eigenvalue weighted by molar-refractivity contribution is 14.1. The molecule has 128 valence electrons. The van der Waals surface area contributed by atoms with Crippen LogP contribution in [-0.4, -0.2) is 27.5 Å². The first-order chi connectivity index (χ1) is 11.0. The molecule has 0 aliphatic heterocycles. The van der Waals surface area contributed by atoms with Gasteiger partial charge < -0.3 is 16.2 Å². The van der Waals surface area contributed by atoms with Gasteiger partial charge in [0.15, 0.2) is 0 Å². The van der Waals surface area contributed by atoms with Crippen molar-refractivity contribution in [2.75, 3.05) is 9.74 Å². The van der Waals surface area contributed by atoms with Crippen LogP contribution in [0.1, 0.15) is 44.1 Å². The number of nitrogens with two attached hydrogens (primary N) is 1. The van der Waals surface area contributed by atoms with Gasteiger partial charge in [0.2, 0.25) is 5.91 Å². The maximum Gasteiger partial charge on any atom is 0.320 e. The number of carboxylic acids is 1. The number of nitrogens with one attached hydrogen (secondary N) is 1. The maximum atomic E-state index is 11.9. The highest BCUT2D eigenvalue weighted by atomic mass is 127. The van der Waals surface area contributed by atoms with Crippen molar-refractivity contribution in [3.05, 3.63) is 29.8 Å². The van der Waals surface area contributed by atoms with Crippen LogP contribution in [-0.2, 0) is 16.0 Å². The Morgan fingerprint density at radius 1 is 1.17 bits per heavy atom. The molecule has 0 heterocycles. The molecule has 5 nitrogen and oxygen atoms in total. The van der Waals surface area contributed by atoms with Crippen molar-refractivity contribution in [3.8, 4) is 0 Å². The van der Waals surface area contributed by atoms with Crippen molar-refractivity contribution in [1.29, 1.82) is 0 Å². The standard InChI is InChI=1S/C17H25IN2O3/c18-10-5-3-1-2-4-9-16(21)20-14-8-6-7-13(11-14)12-15(19)17(22)23/h6-8,11,15H,1-5,9-10,12,19H2,(H,20,21)(H,22,23). The van der Waals surface area contributed by atoms with Gasteiger partial charge in [-0.05, 0) is 41.4 Å². The Hall–Kier alpha value is -1.15. The minimum atomic E-state index is -1.03. The fourth-order valence-electron chi connectivity index (χ4n) is 2.25. The second-order valence-electron chi connectivity index (χ2n) is 5.60. The minimum absolute atomic E-state index is 0.00132. The van der Waals surface area contributed by atoms with E-state index < -0.39 is 12.0 Å². The van der Waals surface area contributed by atoms with Gasteiger partial charge in [0.05, 0.1) is 0 Å². The van der Waals surface area contributed by atoms with Crippen LogP contribution in [0.25, 0.3) is 0 Å². The lowest BCUT2D eigenvalue weighted by atomic mass is 10.1. The second kappa shape index (κ2) is 11.4. The summed E-state index contributed by atoms with van der Waals surface area (Å²) in [5.41, 5.74) is 7.02. The molecule has 1 atom stereocenters. The van der Waals surface area contributed by atoms with E-state index in [1.54, 1.807) is 18.2 Å². The minimum Gasteiger partial charge on any atom is -0.480 e. The quantitative estimate of drug-likeness (QED) is 0.284. The Morgan fingerprint density at radius 2 is 1.87 bits per heavy atom. The summed E-state index contributed by atoms with van der Waals surface area (Å²) < 4.78 is 1.19. The van der Waals surface area contributed by atoms with Crippen molar-refractivity contribution < 1.29 is 14.7 Å². The third kappa shape index (κ3) is 8.90. The number of halogens is 1. The van der Waals surface area contributed by atoms with Gasteiger partial charge in [-0.1, -0.05) is 54.0 Å². The van der Waals surface area contributed by atoms with Crippen LogP contribution in [0.4, 0.5) is 5.69 Å². The van der Waals surface area contributed by atoms with E-state index in [0.717, 1.165) is 18.4 Å². The zero-order chi connectivity index (χ0) is 17.1. The number of alkyl halides is 1. The first-order valence-electron chi connectivity index (χ1n) is 7.96. The van der Waals surface area contributed by atoms with Gasteiger partial charge in [0.1, 0.15) is 6.04 Å². The lowest BCUT2D eigenvalue weighted by Gasteiger charge is -2.09. The van der Waals surface area contributed by atoms with Crippen molar-refractivity contribution >= 4 is 40.2 Å². The van der Waals surface area contributed by atoms with E-state index in [1.807, 2.05) is 6.07 Å². The summed E-state index contributed by atoms with van der Waals surface area (Å²) in [6.07, 6.45) is 6.40. The van der Waals surface area contributed by atoms with E-state index in [2.05, 4.69) is 27.9 Å². The van der Waals surface area contributed by atoms with Crippen LogP contribution >= 0.6 is 22.6 Å². The molecule has 0 spiro atoms. The summed E-state index contributed by atoms with van der Waals surface area (Å²) in [7, 11) is 0. The Bertz CT molecular complexity index is 508. The Morgan fingerprint density at radius 3 is 2.57 bits per heavy atom. The molecule has 4 N–H and O–H groups in total. The van der Waals surface area contributed by atoms with E-state index in [0.29, 0.717) is 12.1 Å². The Balaban J connectivity index is 2.35. The molecule has 0 radical (unpaired) electrons. The number of amides is 1. The zero-order valence-electron chi connectivity index (χ0n) is 13.3. The van der Waals surface area contributed by atoms with Gasteiger partial charge in [-0.15, -0.1) is 0 Å². The first kappa shape index (κ1) is 19.9. The topological polar surface area (TPSA) is 92.4 Å². The van der Waals surface area contributed by atoms with E-state index >= 15 is 0 Å². The molecule has 0 saturated carbocycles. The van der Waals surface area contributed by atoms with Crippen LogP contribution in [0.2, 0.25) is 0 Å². The van der Waals surface area contributed by atoms with E-state index in [9.17, 15) is 9.59 Å². The molecular formula is C17H25IN2O3. The monoisotopic (exact) mass is 432 g/mol. The number of benzene rings is 1. The highest BCUT2D eigenvalue weighted by Crippen LogP contribution is 2.13. The number of carboxylic acid groups (broad SMARTS) is 1. The molecule has 0 fully saturated rings. The number of carbonyl (C=O) groups is 2. The molecule has 1 aromatic rings. The number of aliphatic carboxylic acids is 1. The first-order valence-corrected chi connectivity index (χ1v) is 9.48. The predicted molar refractivity (Wildman–Crippen MR) is 101 cm³/mol. The van der Waals surface area contributed by atoms with Crippen LogP contribution in [0.3, 0.4) is 0 Å². The van der Waals surface area contributed by atoms with Crippen molar-refractivity contribution in [3.63, 3.8) is 0 Å². The molecule has 6 heteroatoms. The smallest absolute Gasteiger partial charge is 0.320 e. The van der Waals surface area contributed by atoms with E-state index in [1.165, 1.54) is 23.7 Å². The van der Waals surface area contributed by atoms with Gasteiger partial charge in [0, 0.05) is 12.1 Å². The van der Waals surface area contributed by atoms with Crippen molar-refractivity contribution in [1.82, 2.24) is 0 Å². The van der Waals surface area contributed by atoms with Gasteiger partial charge in [0.25, 0.3) is 0 Å². The van der Waals surface area contributed by atoms with Gasteiger partial charge in [-0.3, -0.25) is 9.59 Å². The Kier molecular flexibility index (Phi) is 9.86. The number of hydrogen-bond donors (Lipinski definition) is 3. The number of unbranched alkanes of at least 4 members (excludes halogenated alkanes) is 4. The van der Waals surface area contributed by atoms with Crippen LogP contribution in [0.5, 0.6) is 0 Å². The molecular weight excluding hydrogens is 407 g/mol. The second-order valence-corrected chi connectivity index (χ2v) is 6.68. The van der Waals surface area contributed by atoms with Gasteiger partial charge in [-0.2, -0.15) is 0 Å². The third-order valence-corrected chi connectivity index (χ3v) is 4.28. The summed E-state index contributed by atoms with van der Waals surface area (Å²) in [4.78, 5) is 22.7. The maximum absolute atomic E-state index is 11.9. The summed E-state index contributed by atoms with van der Waals surface area (Å²) in [5, 5.41) is 11.7. The van der Waals surface area contributed by atoms with Crippen LogP contribution in [0.15, 0.2) is 24.3 Å². The van der Waals surface area contributed by atoms with Crippen LogP contribution < -0.4 is 11.1 Å². The number of hydrogen-bond acceptors (Lipinski definition) is 3. The van der Waals surface area contributed by atoms with Crippen molar-refractivity contribution in [2.45, 2.75) is 51.0 Å². The molecule has 1 aromatic carbocycles. The zero-order valence-corrected chi connectivity index (χ0v) is 15.4. The van der Waals surface area contributed by atoms with E-state index in [4.69, 9.17) is 10.8 Å². The average Bonchev–Trinajstić information content (AvgIpc) is 2.51. The molecule has 0 bridgehead atoms. The number of rotatable bonds is 11. The molecule has 0 saturated heterocycles. The fourth-order valence-corrected chi connectivity index (χ4v) is 2.79. The fraction of sp³-hybridized carbons (Fsp3) is 0.529. The summed E-state index contributed by atoms with van der Waals surface area (Å²) >= 11 is 2.38. The molecule has 0 aliphatic carbocycles. The summed E-state index contributed by atoms with van der Waals surface area (Å²) in [6, 6.07) is 6.26. The largest absolute Gasteiger partial charge is 0.480 e. The number of carbonyl (C=O) groups excluding carboxylic acids is 1. The van der Waals surface area contributed by atoms with Gasteiger partial charge >= 0.3 is 5.97 Å². The molecule has 23 heavy (non-hydrogen) atoms. The molecule has 0 aliphatic rings. The van der Waals surface area contributed by atoms with Crippen molar-refractivity contribution in [2.24, 2.45) is 5.73 Å². The Labute approximate surface area is 151 Å². The van der Waals surface area contributed by atoms with Crippen LogP contribution in [0, 0.1) is 0 Å². The third-order valence-electron chi connectivity index (χ3n) is 3.52. The average molecular weight is 432 g/mol. The normalized spacial score (nSPS) is 11.9. The lowest BCUT2D eigenvalue weighted by Crippen LogP contribution is -2.32. The molecule has 0 aromatic heterocycles. The molecule has 1 unspecified atom stereocenters. The summed E-state index contributed by atoms with van der Waals surface area (Å²) in [6.45, 7) is 0. The summed E-state index contributed by atoms with van der Waals surface area (Å²) in [5.74, 6) is -1.03. The SMILES string of the molecule is NC(Cc1cccc(NC(=O)CCCCCCCI)c1)C(=O)O. The lowest BCUT2D eigenvalue weighted by molar-refractivity contribution is -0.138. The van der Waals surface area contributed by atoms with Gasteiger partial charge in [-0.25, -0.2) is 0 Å². The highest BCUT2D eigenvalue weighted by Gasteiger charge is 2.12. The predicted octanol–water partition coefficient (Wildman–Crippen LogP) is 3.36. The molecule has 1 rings (SSSR count).